The van der Waals surface area contributed by atoms with Gasteiger partial charge in [0.15, 0.2) is 6.23 Å². The Bertz CT molecular complexity index is 865. The minimum atomic E-state index is 0.0708. The van der Waals surface area contributed by atoms with Crippen LogP contribution in [0, 0.1) is 17.8 Å². The van der Waals surface area contributed by atoms with Gasteiger partial charge in [0.2, 0.25) is 5.91 Å². The van der Waals surface area contributed by atoms with Gasteiger partial charge in [-0.3, -0.25) is 9.69 Å². The van der Waals surface area contributed by atoms with E-state index in [1.165, 1.54) is 32.4 Å². The van der Waals surface area contributed by atoms with Gasteiger partial charge >= 0.3 is 0 Å². The highest BCUT2D eigenvalue weighted by molar-refractivity contribution is 7.16. The second-order valence-electron chi connectivity index (χ2n) is 8.25. The molecule has 4 fully saturated rings. The molecule has 7 rings (SSSR count). The molecule has 1 saturated carbocycles. The molecule has 2 aromatic rings. The van der Waals surface area contributed by atoms with Crippen molar-refractivity contribution in [1.29, 1.82) is 0 Å². The molecule has 4 aliphatic heterocycles. The Hall–Kier alpha value is -1.92. The van der Waals surface area contributed by atoms with E-state index in [2.05, 4.69) is 21.3 Å². The second-order valence-corrected chi connectivity index (χ2v) is 9.24. The number of hydrogen-bond donors (Lipinski definition) is 1. The van der Waals surface area contributed by atoms with Crippen molar-refractivity contribution in [3.8, 4) is 15.6 Å². The lowest BCUT2D eigenvalue weighted by Crippen LogP contribution is -2.61. The number of aromatic nitrogens is 1. The summed E-state index contributed by atoms with van der Waals surface area (Å²) in [5.41, 5.74) is 3.11. The average molecular weight is 367 g/mol. The van der Waals surface area contributed by atoms with E-state index >= 15 is 0 Å². The molecule has 5 aliphatic rings. The number of anilines is 1. The normalized spacial score (nSPS) is 34.0. The van der Waals surface area contributed by atoms with Crippen molar-refractivity contribution in [2.75, 3.05) is 18.4 Å². The minimum absolute atomic E-state index is 0.0708. The third kappa shape index (κ3) is 2.39. The van der Waals surface area contributed by atoms with Crippen LogP contribution in [-0.4, -0.2) is 35.1 Å². The molecule has 4 bridgehead atoms. The third-order valence-corrected chi connectivity index (χ3v) is 7.35. The van der Waals surface area contributed by atoms with Crippen LogP contribution in [0.3, 0.4) is 0 Å². The highest BCUT2D eigenvalue weighted by Crippen LogP contribution is 2.47. The highest BCUT2D eigenvalue weighted by Gasteiger charge is 2.48. The molecule has 134 valence electrons. The highest BCUT2D eigenvalue weighted by atomic mass is 32.1. The summed E-state index contributed by atoms with van der Waals surface area (Å²) in [4.78, 5) is 19.7. The molecule has 0 radical (unpaired) electrons. The van der Waals surface area contributed by atoms with Gasteiger partial charge in [0.05, 0.1) is 11.3 Å². The number of rotatable bonds is 3. The van der Waals surface area contributed by atoms with Gasteiger partial charge in [-0.1, -0.05) is 17.4 Å². The molecule has 1 amide bonds. The fourth-order valence-electron chi connectivity index (χ4n) is 5.49. The summed E-state index contributed by atoms with van der Waals surface area (Å²) in [6.45, 7) is 2.39. The summed E-state index contributed by atoms with van der Waals surface area (Å²) in [5.74, 6) is 2.52. The summed E-state index contributed by atoms with van der Waals surface area (Å²) in [6.07, 6.45) is 6.65. The molecule has 1 N–H and O–H groups in total. The van der Waals surface area contributed by atoms with E-state index < -0.39 is 0 Å². The van der Waals surface area contributed by atoms with Crippen LogP contribution in [0.5, 0.6) is 5.19 Å². The maximum atomic E-state index is 11.5. The van der Waals surface area contributed by atoms with Gasteiger partial charge in [-0.25, -0.2) is 4.98 Å². The molecule has 5 nitrogen and oxygen atoms in total. The Morgan fingerprint density at radius 2 is 2.04 bits per heavy atom. The summed E-state index contributed by atoms with van der Waals surface area (Å²) in [5, 5.41) is 3.65. The number of fused-ring (bicyclic) bond motifs is 1. The number of ether oxygens (including phenoxy) is 1. The quantitative estimate of drug-likeness (QED) is 0.904. The number of thiazole rings is 1. The Labute approximate surface area is 156 Å². The number of hydrogen-bond acceptors (Lipinski definition) is 5. The van der Waals surface area contributed by atoms with Crippen LogP contribution in [0.15, 0.2) is 24.4 Å². The van der Waals surface area contributed by atoms with E-state index in [-0.39, 0.29) is 12.1 Å². The Balaban J connectivity index is 1.23. The summed E-state index contributed by atoms with van der Waals surface area (Å²) < 4.78 is 6.37. The molecular weight excluding hydrogens is 346 g/mol. The van der Waals surface area contributed by atoms with Crippen molar-refractivity contribution in [1.82, 2.24) is 9.88 Å². The van der Waals surface area contributed by atoms with Gasteiger partial charge in [-0.05, 0) is 54.4 Å². The number of carbonyl (C=O) groups is 1. The van der Waals surface area contributed by atoms with Crippen LogP contribution >= 0.6 is 11.3 Å². The Kier molecular flexibility index (Phi) is 3.23. The van der Waals surface area contributed by atoms with Crippen LogP contribution in [0.25, 0.3) is 10.4 Å². The molecular formula is C20H21N3O2S. The molecule has 1 aromatic heterocycles. The van der Waals surface area contributed by atoms with Crippen LogP contribution < -0.4 is 10.1 Å². The molecule has 3 atom stereocenters. The van der Waals surface area contributed by atoms with Gasteiger partial charge in [0.25, 0.3) is 5.19 Å². The fourth-order valence-corrected chi connectivity index (χ4v) is 6.28. The number of benzene rings is 1. The maximum absolute atomic E-state index is 11.5. The van der Waals surface area contributed by atoms with Crippen LogP contribution in [0.1, 0.15) is 24.8 Å². The summed E-state index contributed by atoms with van der Waals surface area (Å²) >= 11 is 1.61. The predicted molar refractivity (Wildman–Crippen MR) is 100 cm³/mol. The molecule has 5 heterocycles. The van der Waals surface area contributed by atoms with Crippen molar-refractivity contribution < 1.29 is 9.53 Å². The lowest BCUT2D eigenvalue weighted by atomic mass is 9.67. The van der Waals surface area contributed by atoms with Gasteiger partial charge < -0.3 is 10.1 Å². The number of nitrogens with one attached hydrogen (secondary N) is 1. The average Bonchev–Trinajstić information content (AvgIpc) is 3.22. The zero-order valence-electron chi connectivity index (χ0n) is 14.5. The lowest BCUT2D eigenvalue weighted by Gasteiger charge is -2.55. The summed E-state index contributed by atoms with van der Waals surface area (Å²) in [7, 11) is 0. The van der Waals surface area contributed by atoms with Crippen molar-refractivity contribution in [2.24, 2.45) is 17.8 Å². The third-order valence-electron chi connectivity index (χ3n) is 6.41. The first kappa shape index (κ1) is 15.2. The van der Waals surface area contributed by atoms with Crippen LogP contribution in [-0.2, 0) is 11.2 Å². The number of piperidine rings is 3. The molecule has 1 aliphatic carbocycles. The fraction of sp³-hybridized carbons (Fsp3) is 0.500. The molecule has 0 spiro atoms. The van der Waals surface area contributed by atoms with E-state index in [1.54, 1.807) is 11.3 Å². The largest absolute Gasteiger partial charge is 0.450 e. The van der Waals surface area contributed by atoms with E-state index in [0.717, 1.165) is 38.7 Å². The predicted octanol–water partition coefficient (Wildman–Crippen LogP) is 3.37. The van der Waals surface area contributed by atoms with Gasteiger partial charge in [-0.2, -0.15) is 0 Å². The van der Waals surface area contributed by atoms with Crippen LogP contribution in [0.2, 0.25) is 0 Å². The van der Waals surface area contributed by atoms with Gasteiger partial charge in [-0.15, -0.1) is 0 Å². The molecule has 26 heavy (non-hydrogen) atoms. The van der Waals surface area contributed by atoms with Crippen molar-refractivity contribution in [3.05, 3.63) is 30.0 Å². The zero-order chi connectivity index (χ0) is 17.3. The maximum Gasteiger partial charge on any atom is 0.275 e. The van der Waals surface area contributed by atoms with Gasteiger partial charge in [0.1, 0.15) is 0 Å². The number of nitrogens with zero attached hydrogens (tertiary/aromatic N) is 2. The van der Waals surface area contributed by atoms with Gasteiger partial charge in [0, 0.05) is 30.9 Å². The Morgan fingerprint density at radius 1 is 1.19 bits per heavy atom. The molecule has 3 unspecified atom stereocenters. The first-order valence-corrected chi connectivity index (χ1v) is 10.3. The molecule has 6 heteroatoms. The number of carbonyl (C=O) groups excluding carboxylic acids is 1. The lowest BCUT2D eigenvalue weighted by molar-refractivity contribution is -0.142. The van der Waals surface area contributed by atoms with Crippen molar-refractivity contribution in [3.63, 3.8) is 0 Å². The van der Waals surface area contributed by atoms with Crippen molar-refractivity contribution in [2.45, 2.75) is 31.9 Å². The molecule has 1 aromatic carbocycles. The summed E-state index contributed by atoms with van der Waals surface area (Å²) in [6, 6.07) is 6.13. The monoisotopic (exact) mass is 367 g/mol. The first-order valence-electron chi connectivity index (χ1n) is 9.51. The smallest absolute Gasteiger partial charge is 0.275 e. The van der Waals surface area contributed by atoms with E-state index in [0.29, 0.717) is 12.3 Å². The SMILES string of the molecule is O=C1Cc2cc(-c3cnc(OC4C5CC6CC(C5)CN4C6)s3)ccc2N1. The van der Waals surface area contributed by atoms with E-state index in [4.69, 9.17) is 4.74 Å². The van der Waals surface area contributed by atoms with Crippen LogP contribution in [0.4, 0.5) is 5.69 Å². The van der Waals surface area contributed by atoms with E-state index in [1.807, 2.05) is 18.3 Å². The molecule has 3 saturated heterocycles. The minimum Gasteiger partial charge on any atom is -0.450 e. The Morgan fingerprint density at radius 3 is 2.85 bits per heavy atom. The number of amides is 1. The zero-order valence-corrected chi connectivity index (χ0v) is 15.3. The first-order chi connectivity index (χ1) is 12.7. The van der Waals surface area contributed by atoms with E-state index in [9.17, 15) is 4.79 Å². The van der Waals surface area contributed by atoms with Crippen molar-refractivity contribution >= 4 is 22.9 Å². The topological polar surface area (TPSA) is 54.5 Å². The second kappa shape index (κ2) is 5.54. The standard InChI is InChI=1S/C20H21N3O2S/c24-18-7-14-6-13(1-2-16(14)22-18)17-8-21-20(26-17)25-19-15-4-11-3-12(5-15)10-23(19)9-11/h1-2,6,8,11-12,15,19H,3-5,7,9-10H2,(H,22,24).